The van der Waals surface area contributed by atoms with Crippen LogP contribution in [-0.2, 0) is 14.3 Å². The maximum absolute atomic E-state index is 13.3. The summed E-state index contributed by atoms with van der Waals surface area (Å²) in [6.45, 7) is -1.27. The fraction of sp³-hybridized carbons (Fsp3) is 0.625. The molecule has 1 aliphatic carbocycles. The zero-order valence-electron chi connectivity index (χ0n) is 19.5. The quantitative estimate of drug-likeness (QED) is 0.651. The monoisotopic (exact) mass is 497 g/mol. The number of anilines is 1. The standard InChI is InChI=1S/C24H30F3N3O5/c1-30-18-8-7-16(11-21(31)28-13-24(25,26)27)35-20(18)12-34-19-9-6-15(10-17(19)23(30)33)29-22(32)14-4-2-3-5-14/h6,9-10,14,16,18,20H,2-5,7-8,11-13H2,1H3,(H,28,31)(H,29,32)/t16-,18-,20+/m0/s1. The van der Waals surface area contributed by atoms with Gasteiger partial charge in [0.05, 0.1) is 24.1 Å². The van der Waals surface area contributed by atoms with E-state index >= 15 is 0 Å². The number of benzene rings is 1. The molecule has 8 nitrogen and oxygen atoms in total. The predicted molar refractivity (Wildman–Crippen MR) is 120 cm³/mol. The van der Waals surface area contributed by atoms with Gasteiger partial charge in [0.2, 0.25) is 11.8 Å². The van der Waals surface area contributed by atoms with E-state index in [-0.39, 0.29) is 36.8 Å². The summed E-state index contributed by atoms with van der Waals surface area (Å²) in [5.74, 6) is -0.708. The molecule has 0 spiro atoms. The molecule has 35 heavy (non-hydrogen) atoms. The van der Waals surface area contributed by atoms with Crippen molar-refractivity contribution >= 4 is 23.4 Å². The third-order valence-electron chi connectivity index (χ3n) is 6.90. The Labute approximate surface area is 201 Å². The van der Waals surface area contributed by atoms with Crippen LogP contribution in [0.1, 0.15) is 55.3 Å². The zero-order chi connectivity index (χ0) is 25.2. The van der Waals surface area contributed by atoms with Crippen molar-refractivity contribution in [3.63, 3.8) is 0 Å². The minimum atomic E-state index is -4.48. The van der Waals surface area contributed by atoms with Gasteiger partial charge in [0.15, 0.2) is 0 Å². The van der Waals surface area contributed by atoms with Crippen LogP contribution in [0.3, 0.4) is 0 Å². The lowest BCUT2D eigenvalue weighted by Crippen LogP contribution is -2.54. The largest absolute Gasteiger partial charge is 0.490 e. The number of nitrogens with one attached hydrogen (secondary N) is 2. The molecule has 3 atom stereocenters. The Morgan fingerprint density at radius 2 is 1.89 bits per heavy atom. The molecule has 0 unspecified atom stereocenters. The van der Waals surface area contributed by atoms with Gasteiger partial charge in [0, 0.05) is 18.7 Å². The summed E-state index contributed by atoms with van der Waals surface area (Å²) in [5.41, 5.74) is 0.872. The summed E-state index contributed by atoms with van der Waals surface area (Å²) in [6.07, 6.45) is -1.01. The van der Waals surface area contributed by atoms with Gasteiger partial charge in [-0.1, -0.05) is 12.8 Å². The van der Waals surface area contributed by atoms with Gasteiger partial charge in [-0.25, -0.2) is 0 Å². The second-order valence-electron chi connectivity index (χ2n) is 9.45. The number of carbonyl (C=O) groups is 3. The van der Waals surface area contributed by atoms with Crippen LogP contribution in [0.2, 0.25) is 0 Å². The average molecular weight is 498 g/mol. The number of carbonyl (C=O) groups excluding carboxylic acids is 3. The van der Waals surface area contributed by atoms with E-state index in [1.54, 1.807) is 30.1 Å². The highest BCUT2D eigenvalue weighted by atomic mass is 19.4. The van der Waals surface area contributed by atoms with Crippen molar-refractivity contribution in [1.29, 1.82) is 0 Å². The SMILES string of the molecule is CN1C(=O)c2cc(NC(=O)C3CCCC3)ccc2OC[C@H]2O[C@H](CC(=O)NCC(F)(F)F)CC[C@@H]21. The number of amides is 3. The summed E-state index contributed by atoms with van der Waals surface area (Å²) >= 11 is 0. The maximum Gasteiger partial charge on any atom is 0.405 e. The van der Waals surface area contributed by atoms with Crippen LogP contribution in [-0.4, -0.2) is 67.2 Å². The molecule has 192 valence electrons. The Bertz CT molecular complexity index is 964. The second kappa shape index (κ2) is 10.4. The van der Waals surface area contributed by atoms with Gasteiger partial charge in [-0.2, -0.15) is 13.2 Å². The van der Waals surface area contributed by atoms with Crippen LogP contribution in [0, 0.1) is 5.92 Å². The van der Waals surface area contributed by atoms with Gasteiger partial charge in [-0.3, -0.25) is 14.4 Å². The molecule has 2 aliphatic heterocycles. The van der Waals surface area contributed by atoms with E-state index < -0.39 is 30.8 Å². The Morgan fingerprint density at radius 1 is 1.14 bits per heavy atom. The first-order valence-corrected chi connectivity index (χ1v) is 11.9. The van der Waals surface area contributed by atoms with Crippen molar-refractivity contribution in [2.45, 2.75) is 69.4 Å². The van der Waals surface area contributed by atoms with Crippen molar-refractivity contribution in [3.8, 4) is 5.75 Å². The Hall–Kier alpha value is -2.82. The molecule has 1 aromatic rings. The zero-order valence-corrected chi connectivity index (χ0v) is 19.5. The number of fused-ring (bicyclic) bond motifs is 2. The fourth-order valence-electron chi connectivity index (χ4n) is 5.02. The van der Waals surface area contributed by atoms with Crippen LogP contribution >= 0.6 is 0 Å². The van der Waals surface area contributed by atoms with E-state index in [0.29, 0.717) is 29.8 Å². The van der Waals surface area contributed by atoms with Gasteiger partial charge in [-0.15, -0.1) is 0 Å². The van der Waals surface area contributed by atoms with Crippen LogP contribution in [0.25, 0.3) is 0 Å². The number of likely N-dealkylation sites (N-methyl/N-ethyl adjacent to an activating group) is 1. The highest BCUT2D eigenvalue weighted by molar-refractivity contribution is 6.00. The number of rotatable bonds is 5. The van der Waals surface area contributed by atoms with E-state index in [1.165, 1.54) is 0 Å². The maximum atomic E-state index is 13.3. The molecule has 2 fully saturated rings. The van der Waals surface area contributed by atoms with Gasteiger partial charge in [0.25, 0.3) is 5.91 Å². The predicted octanol–water partition coefficient (Wildman–Crippen LogP) is 3.26. The minimum absolute atomic E-state index is 0.00438. The van der Waals surface area contributed by atoms with E-state index in [4.69, 9.17) is 9.47 Å². The first-order valence-electron chi connectivity index (χ1n) is 11.9. The van der Waals surface area contributed by atoms with Gasteiger partial charge in [0.1, 0.15) is 25.0 Å². The molecular weight excluding hydrogens is 467 g/mol. The summed E-state index contributed by atoms with van der Waals surface area (Å²) in [5, 5.41) is 4.77. The van der Waals surface area contributed by atoms with Crippen LogP contribution in [0.5, 0.6) is 5.75 Å². The molecule has 0 bridgehead atoms. The minimum Gasteiger partial charge on any atom is -0.490 e. The highest BCUT2D eigenvalue weighted by Crippen LogP contribution is 2.33. The number of alkyl halides is 3. The summed E-state index contributed by atoms with van der Waals surface area (Å²) in [7, 11) is 1.67. The smallest absolute Gasteiger partial charge is 0.405 e. The van der Waals surface area contributed by atoms with E-state index in [1.807, 2.05) is 5.32 Å². The summed E-state index contributed by atoms with van der Waals surface area (Å²) < 4.78 is 48.9. The molecule has 2 N–H and O–H groups in total. The van der Waals surface area contributed by atoms with E-state index in [9.17, 15) is 27.6 Å². The molecule has 1 saturated carbocycles. The lowest BCUT2D eigenvalue weighted by atomic mass is 9.94. The lowest BCUT2D eigenvalue weighted by Gasteiger charge is -2.42. The first-order chi connectivity index (χ1) is 16.6. The lowest BCUT2D eigenvalue weighted by molar-refractivity contribution is -0.144. The van der Waals surface area contributed by atoms with Crippen molar-refractivity contribution in [2.75, 3.05) is 25.5 Å². The Morgan fingerprint density at radius 3 is 2.60 bits per heavy atom. The Kier molecular flexibility index (Phi) is 7.53. The molecular formula is C24H30F3N3O5. The van der Waals surface area contributed by atoms with E-state index in [0.717, 1.165) is 25.7 Å². The third kappa shape index (κ3) is 6.25. The van der Waals surface area contributed by atoms with Crippen LogP contribution in [0.15, 0.2) is 18.2 Å². The molecule has 2 heterocycles. The van der Waals surface area contributed by atoms with Crippen molar-refractivity contribution in [3.05, 3.63) is 23.8 Å². The van der Waals surface area contributed by atoms with Gasteiger partial charge >= 0.3 is 6.18 Å². The summed E-state index contributed by atoms with van der Waals surface area (Å²) in [6, 6.07) is 4.63. The number of ether oxygens (including phenoxy) is 2. The molecule has 1 saturated heterocycles. The number of nitrogens with zero attached hydrogens (tertiary/aromatic N) is 1. The number of hydrogen-bond donors (Lipinski definition) is 2. The van der Waals surface area contributed by atoms with Crippen molar-refractivity contribution in [1.82, 2.24) is 10.2 Å². The van der Waals surface area contributed by atoms with Crippen LogP contribution < -0.4 is 15.4 Å². The van der Waals surface area contributed by atoms with Crippen molar-refractivity contribution in [2.24, 2.45) is 5.92 Å². The third-order valence-corrected chi connectivity index (χ3v) is 6.90. The van der Waals surface area contributed by atoms with Gasteiger partial charge in [-0.05, 0) is 43.9 Å². The van der Waals surface area contributed by atoms with Crippen molar-refractivity contribution < 1.29 is 37.0 Å². The Balaban J connectivity index is 1.41. The molecule has 0 aromatic heterocycles. The molecule has 4 rings (SSSR count). The average Bonchev–Trinajstić information content (AvgIpc) is 3.35. The highest BCUT2D eigenvalue weighted by Gasteiger charge is 2.39. The first kappa shape index (κ1) is 25.3. The number of hydrogen-bond acceptors (Lipinski definition) is 5. The molecule has 3 aliphatic rings. The van der Waals surface area contributed by atoms with Crippen LogP contribution in [0.4, 0.5) is 18.9 Å². The normalized spacial score (nSPS) is 25.1. The van der Waals surface area contributed by atoms with Gasteiger partial charge < -0.3 is 25.0 Å². The topological polar surface area (TPSA) is 97.0 Å². The molecule has 0 radical (unpaired) electrons. The molecule has 11 heteroatoms. The second-order valence-corrected chi connectivity index (χ2v) is 9.45. The number of halogens is 3. The fourth-order valence-corrected chi connectivity index (χ4v) is 5.02. The molecule has 1 aromatic carbocycles. The summed E-state index contributed by atoms with van der Waals surface area (Å²) in [4.78, 5) is 39.3. The van der Waals surface area contributed by atoms with E-state index in [2.05, 4.69) is 5.32 Å². The molecule has 3 amide bonds.